The summed E-state index contributed by atoms with van der Waals surface area (Å²) in [5.41, 5.74) is 2.56. The van der Waals surface area contributed by atoms with E-state index in [-0.39, 0.29) is 12.6 Å². The van der Waals surface area contributed by atoms with E-state index >= 15 is 0 Å². The lowest BCUT2D eigenvalue weighted by Gasteiger charge is -2.33. The number of halogens is 1. The Kier molecular flexibility index (Phi) is 2.63. The summed E-state index contributed by atoms with van der Waals surface area (Å²) in [4.78, 5) is 7.31. The van der Waals surface area contributed by atoms with Crippen molar-refractivity contribution in [1.29, 1.82) is 0 Å². The number of nitrogens with zero attached hydrogens (tertiary/aromatic N) is 1. The molecular weight excluding hydrogens is 240 g/mol. The molecule has 0 atom stereocenters. The van der Waals surface area contributed by atoms with Crippen molar-refractivity contribution in [3.63, 3.8) is 0 Å². The van der Waals surface area contributed by atoms with Gasteiger partial charge >= 0.3 is 0 Å². The van der Waals surface area contributed by atoms with Crippen LogP contribution in [0.25, 0.3) is 11.3 Å². The maximum Gasteiger partial charge on any atom is 0.191 e. The summed E-state index contributed by atoms with van der Waals surface area (Å²) >= 11 is 6.12. The first-order valence-electron chi connectivity index (χ1n) is 5.34. The van der Waals surface area contributed by atoms with Crippen molar-refractivity contribution in [2.24, 2.45) is 0 Å². The molecule has 1 saturated heterocycles. The first-order valence-corrected chi connectivity index (χ1v) is 5.72. The van der Waals surface area contributed by atoms with Crippen molar-refractivity contribution in [1.82, 2.24) is 9.97 Å². The fraction of sp³-hybridized carbons (Fsp3) is 0.250. The fourth-order valence-corrected chi connectivity index (χ4v) is 2.09. The van der Waals surface area contributed by atoms with E-state index in [4.69, 9.17) is 21.1 Å². The molecule has 2 aromatic rings. The Hall–Kier alpha value is -1.36. The van der Waals surface area contributed by atoms with Crippen molar-refractivity contribution in [2.75, 3.05) is 0 Å². The molecule has 4 nitrogen and oxygen atoms in total. The molecular formula is C12H11ClN2O2. The van der Waals surface area contributed by atoms with E-state index < -0.39 is 0 Å². The highest BCUT2D eigenvalue weighted by atomic mass is 35.5. The molecule has 1 aliphatic heterocycles. The highest BCUT2D eigenvalue weighted by Gasteiger charge is 2.31. The topological polar surface area (TPSA) is 47.1 Å². The molecule has 0 saturated carbocycles. The minimum Gasteiger partial charge on any atom is -0.367 e. The van der Waals surface area contributed by atoms with Gasteiger partial charge in [-0.2, -0.15) is 0 Å². The SMILES string of the molecule is CC1OC(c2c[nH]cc2-c2ncccc2Cl)O1. The van der Waals surface area contributed by atoms with Crippen molar-refractivity contribution in [2.45, 2.75) is 19.5 Å². The van der Waals surface area contributed by atoms with Gasteiger partial charge in [-0.05, 0) is 19.1 Å². The molecule has 0 radical (unpaired) electrons. The molecule has 88 valence electrons. The second-order valence-corrected chi connectivity index (χ2v) is 4.24. The molecule has 2 aromatic heterocycles. The third-order valence-electron chi connectivity index (χ3n) is 2.68. The summed E-state index contributed by atoms with van der Waals surface area (Å²) in [6.45, 7) is 1.86. The van der Waals surface area contributed by atoms with Crippen LogP contribution in [0.15, 0.2) is 30.7 Å². The van der Waals surface area contributed by atoms with Crippen LogP contribution in [0, 0.1) is 0 Å². The lowest BCUT2D eigenvalue weighted by atomic mass is 10.1. The van der Waals surface area contributed by atoms with Gasteiger partial charge in [-0.25, -0.2) is 0 Å². The maximum absolute atomic E-state index is 6.12. The van der Waals surface area contributed by atoms with Crippen LogP contribution in [0.4, 0.5) is 0 Å². The average Bonchev–Trinajstić information content (AvgIpc) is 2.74. The number of aromatic amines is 1. The average molecular weight is 251 g/mol. The Morgan fingerprint density at radius 2 is 2.18 bits per heavy atom. The Balaban J connectivity index is 1.99. The molecule has 17 heavy (non-hydrogen) atoms. The molecule has 1 aliphatic rings. The van der Waals surface area contributed by atoms with Crippen molar-refractivity contribution in [3.05, 3.63) is 41.3 Å². The fourth-order valence-electron chi connectivity index (χ4n) is 1.86. The van der Waals surface area contributed by atoms with Gasteiger partial charge in [0.25, 0.3) is 0 Å². The molecule has 0 bridgehead atoms. The Morgan fingerprint density at radius 1 is 1.35 bits per heavy atom. The zero-order chi connectivity index (χ0) is 11.8. The molecule has 0 unspecified atom stereocenters. The van der Waals surface area contributed by atoms with Gasteiger partial charge in [-0.15, -0.1) is 0 Å². The van der Waals surface area contributed by atoms with Gasteiger partial charge in [0.2, 0.25) is 0 Å². The summed E-state index contributed by atoms with van der Waals surface area (Å²) in [5, 5.41) is 0.612. The van der Waals surface area contributed by atoms with Gasteiger partial charge in [0.15, 0.2) is 12.6 Å². The minimum atomic E-state index is -0.329. The third kappa shape index (κ3) is 1.84. The van der Waals surface area contributed by atoms with Crippen LogP contribution in [0.1, 0.15) is 18.8 Å². The highest BCUT2D eigenvalue weighted by Crippen LogP contribution is 2.38. The van der Waals surface area contributed by atoms with E-state index in [0.717, 1.165) is 16.8 Å². The molecule has 3 rings (SSSR count). The summed E-state index contributed by atoms with van der Waals surface area (Å²) in [5.74, 6) is 0. The maximum atomic E-state index is 6.12. The molecule has 0 spiro atoms. The first kappa shape index (κ1) is 10.8. The predicted molar refractivity (Wildman–Crippen MR) is 63.4 cm³/mol. The number of rotatable bonds is 2. The van der Waals surface area contributed by atoms with Gasteiger partial charge in [0.05, 0.1) is 10.7 Å². The van der Waals surface area contributed by atoms with Crippen molar-refractivity contribution < 1.29 is 9.47 Å². The summed E-state index contributed by atoms with van der Waals surface area (Å²) < 4.78 is 10.9. The van der Waals surface area contributed by atoms with Crippen LogP contribution >= 0.6 is 11.6 Å². The van der Waals surface area contributed by atoms with Crippen molar-refractivity contribution >= 4 is 11.6 Å². The zero-order valence-corrected chi connectivity index (χ0v) is 9.94. The van der Waals surface area contributed by atoms with E-state index in [9.17, 15) is 0 Å². The van der Waals surface area contributed by atoms with Gasteiger partial charge in [-0.3, -0.25) is 4.98 Å². The van der Waals surface area contributed by atoms with Gasteiger partial charge < -0.3 is 14.5 Å². The number of aromatic nitrogens is 2. The standard InChI is InChI=1S/C12H11ClN2O2/c1-7-16-12(17-7)9-6-14-5-8(9)11-10(13)3-2-4-15-11/h2-7,12,14H,1H3. The number of hydrogen-bond acceptors (Lipinski definition) is 3. The van der Waals surface area contributed by atoms with Crippen LogP contribution in [0.5, 0.6) is 0 Å². The Labute approximate surface area is 104 Å². The van der Waals surface area contributed by atoms with E-state index in [1.807, 2.05) is 25.4 Å². The predicted octanol–water partition coefficient (Wildman–Crippen LogP) is 3.12. The van der Waals surface area contributed by atoms with Gasteiger partial charge in [-0.1, -0.05) is 11.6 Å². The third-order valence-corrected chi connectivity index (χ3v) is 2.98. The summed E-state index contributed by atoms with van der Waals surface area (Å²) in [6.07, 6.45) is 4.92. The number of ether oxygens (including phenoxy) is 2. The van der Waals surface area contributed by atoms with Crippen LogP contribution in [-0.2, 0) is 9.47 Å². The quantitative estimate of drug-likeness (QED) is 0.891. The zero-order valence-electron chi connectivity index (χ0n) is 9.18. The largest absolute Gasteiger partial charge is 0.367 e. The summed E-state index contributed by atoms with van der Waals surface area (Å²) in [6, 6.07) is 3.61. The lowest BCUT2D eigenvalue weighted by Crippen LogP contribution is -2.31. The second kappa shape index (κ2) is 4.14. The molecule has 0 aliphatic carbocycles. The van der Waals surface area contributed by atoms with E-state index in [1.165, 1.54) is 0 Å². The molecule has 0 amide bonds. The minimum absolute atomic E-state index is 0.151. The molecule has 0 aromatic carbocycles. The van der Waals surface area contributed by atoms with E-state index in [1.54, 1.807) is 12.3 Å². The molecule has 1 fully saturated rings. The van der Waals surface area contributed by atoms with Crippen molar-refractivity contribution in [3.8, 4) is 11.3 Å². The number of pyridine rings is 1. The molecule has 1 N–H and O–H groups in total. The monoisotopic (exact) mass is 250 g/mol. The highest BCUT2D eigenvalue weighted by molar-refractivity contribution is 6.33. The number of nitrogens with one attached hydrogen (secondary N) is 1. The van der Waals surface area contributed by atoms with E-state index in [0.29, 0.717) is 5.02 Å². The van der Waals surface area contributed by atoms with Gasteiger partial charge in [0.1, 0.15) is 0 Å². The number of H-pyrrole nitrogens is 1. The Bertz CT molecular complexity index is 535. The van der Waals surface area contributed by atoms with Crippen LogP contribution < -0.4 is 0 Å². The van der Waals surface area contributed by atoms with E-state index in [2.05, 4.69) is 9.97 Å². The first-order chi connectivity index (χ1) is 8.25. The van der Waals surface area contributed by atoms with Crippen LogP contribution in [-0.4, -0.2) is 16.3 Å². The smallest absolute Gasteiger partial charge is 0.191 e. The Morgan fingerprint density at radius 3 is 2.88 bits per heavy atom. The number of hydrogen-bond donors (Lipinski definition) is 1. The molecule has 5 heteroatoms. The van der Waals surface area contributed by atoms with Gasteiger partial charge in [0, 0.05) is 29.7 Å². The normalized spacial score (nSPS) is 23.4. The molecule has 3 heterocycles. The van der Waals surface area contributed by atoms with Crippen LogP contribution in [0.3, 0.4) is 0 Å². The van der Waals surface area contributed by atoms with Crippen LogP contribution in [0.2, 0.25) is 5.02 Å². The summed E-state index contributed by atoms with van der Waals surface area (Å²) in [7, 11) is 0. The lowest BCUT2D eigenvalue weighted by molar-refractivity contribution is -0.382. The second-order valence-electron chi connectivity index (χ2n) is 3.83.